The zero-order valence-electron chi connectivity index (χ0n) is 15.6. The van der Waals surface area contributed by atoms with Crippen LogP contribution in [0.4, 0.5) is 5.82 Å². The largest absolute Gasteiger partial charge is 0.493 e. The van der Waals surface area contributed by atoms with Crippen LogP contribution in [0.15, 0.2) is 78.1 Å². The number of nitrogens with zero attached hydrogens (tertiary/aromatic N) is 2. The maximum absolute atomic E-state index is 12.8. The Morgan fingerprint density at radius 3 is 2.89 bits per heavy atom. The fourth-order valence-corrected chi connectivity index (χ4v) is 3.09. The summed E-state index contributed by atoms with van der Waals surface area (Å²) in [6.07, 6.45) is 18.9. The number of ether oxygens (including phenoxy) is 1. The van der Waals surface area contributed by atoms with Crippen molar-refractivity contribution in [2.75, 3.05) is 12.4 Å². The van der Waals surface area contributed by atoms with Gasteiger partial charge in [0.15, 0.2) is 11.2 Å². The highest BCUT2D eigenvalue weighted by Crippen LogP contribution is 2.30. The van der Waals surface area contributed by atoms with Gasteiger partial charge in [0.1, 0.15) is 11.3 Å². The molecule has 27 heavy (non-hydrogen) atoms. The predicted molar refractivity (Wildman–Crippen MR) is 112 cm³/mol. The van der Waals surface area contributed by atoms with Crippen molar-refractivity contribution in [3.05, 3.63) is 83.5 Å². The molecule has 0 bridgehead atoms. The summed E-state index contributed by atoms with van der Waals surface area (Å²) in [6, 6.07) is 1.59. The maximum atomic E-state index is 12.8. The van der Waals surface area contributed by atoms with Crippen LogP contribution >= 0.6 is 0 Å². The molecule has 0 spiro atoms. The molecule has 1 N–H and O–H groups in total. The van der Waals surface area contributed by atoms with E-state index in [0.29, 0.717) is 22.5 Å². The van der Waals surface area contributed by atoms with Crippen molar-refractivity contribution in [2.24, 2.45) is 0 Å². The van der Waals surface area contributed by atoms with E-state index in [4.69, 9.17) is 4.74 Å². The lowest BCUT2D eigenvalue weighted by Crippen LogP contribution is -2.15. The van der Waals surface area contributed by atoms with Gasteiger partial charge in [0.25, 0.3) is 0 Å². The van der Waals surface area contributed by atoms with E-state index >= 15 is 0 Å². The van der Waals surface area contributed by atoms with E-state index in [0.717, 1.165) is 24.2 Å². The fraction of sp³-hybridized carbons (Fsp3) is 0.182. The molecule has 0 aromatic carbocycles. The molecule has 2 aromatic heterocycles. The first kappa shape index (κ1) is 18.5. The fourth-order valence-electron chi connectivity index (χ4n) is 3.09. The third kappa shape index (κ3) is 3.77. The Morgan fingerprint density at radius 2 is 2.22 bits per heavy atom. The average molecular weight is 361 g/mol. The van der Waals surface area contributed by atoms with Crippen LogP contribution in [0.2, 0.25) is 0 Å². The first-order valence-corrected chi connectivity index (χ1v) is 8.87. The second kappa shape index (κ2) is 8.36. The van der Waals surface area contributed by atoms with Crippen molar-refractivity contribution in [3.8, 4) is 5.75 Å². The monoisotopic (exact) mass is 361 g/mol. The Kier molecular flexibility index (Phi) is 5.71. The zero-order valence-corrected chi connectivity index (χ0v) is 15.6. The highest BCUT2D eigenvalue weighted by Gasteiger charge is 2.16. The number of anilines is 1. The molecule has 2 heterocycles. The summed E-state index contributed by atoms with van der Waals surface area (Å²) in [7, 11) is 1.57. The summed E-state index contributed by atoms with van der Waals surface area (Å²) in [6.45, 7) is 5.77. The first-order valence-electron chi connectivity index (χ1n) is 8.87. The van der Waals surface area contributed by atoms with Gasteiger partial charge in [0.2, 0.25) is 0 Å². The van der Waals surface area contributed by atoms with Gasteiger partial charge in [-0.1, -0.05) is 30.9 Å². The van der Waals surface area contributed by atoms with Crippen LogP contribution in [0.5, 0.6) is 5.75 Å². The SMILES string of the molecule is C=C/C=C(\C=C/C)n1c(NC2=CCCC=C2)cc(=O)c2cncc(OC)c21. The lowest BCUT2D eigenvalue weighted by atomic mass is 10.1. The van der Waals surface area contributed by atoms with Crippen molar-refractivity contribution in [1.29, 1.82) is 0 Å². The molecular formula is C22H23N3O2. The second-order valence-corrected chi connectivity index (χ2v) is 6.06. The molecule has 138 valence electrons. The summed E-state index contributed by atoms with van der Waals surface area (Å²) in [5.74, 6) is 1.18. The zero-order chi connectivity index (χ0) is 19.2. The number of fused-ring (bicyclic) bond motifs is 1. The number of rotatable bonds is 6. The third-order valence-electron chi connectivity index (χ3n) is 4.25. The van der Waals surface area contributed by atoms with Crippen molar-refractivity contribution >= 4 is 22.4 Å². The van der Waals surface area contributed by atoms with Crippen molar-refractivity contribution in [1.82, 2.24) is 9.55 Å². The molecule has 0 fully saturated rings. The number of methoxy groups -OCH3 is 1. The van der Waals surface area contributed by atoms with Gasteiger partial charge in [-0.15, -0.1) is 0 Å². The summed E-state index contributed by atoms with van der Waals surface area (Å²) >= 11 is 0. The van der Waals surface area contributed by atoms with E-state index in [1.54, 1.807) is 31.6 Å². The van der Waals surface area contributed by atoms with Crippen molar-refractivity contribution in [2.45, 2.75) is 19.8 Å². The molecule has 5 heteroatoms. The summed E-state index contributed by atoms with van der Waals surface area (Å²) in [5.41, 5.74) is 2.35. The highest BCUT2D eigenvalue weighted by atomic mass is 16.5. The Bertz CT molecular complexity index is 1040. The van der Waals surface area contributed by atoms with Crippen LogP contribution in [0.1, 0.15) is 19.8 Å². The minimum absolute atomic E-state index is 0.117. The number of nitrogens with one attached hydrogen (secondary N) is 1. The van der Waals surface area contributed by atoms with Crippen LogP contribution in [0.3, 0.4) is 0 Å². The summed E-state index contributed by atoms with van der Waals surface area (Å²) in [5, 5.41) is 3.88. The minimum atomic E-state index is -0.117. The maximum Gasteiger partial charge on any atom is 0.193 e. The van der Waals surface area contributed by atoms with Crippen molar-refractivity contribution < 1.29 is 4.74 Å². The van der Waals surface area contributed by atoms with E-state index < -0.39 is 0 Å². The van der Waals surface area contributed by atoms with Gasteiger partial charge in [-0.3, -0.25) is 14.3 Å². The van der Waals surface area contributed by atoms with Crippen LogP contribution in [-0.4, -0.2) is 16.7 Å². The molecule has 5 nitrogen and oxygen atoms in total. The highest BCUT2D eigenvalue weighted by molar-refractivity contribution is 5.90. The van der Waals surface area contributed by atoms with Crippen LogP contribution in [-0.2, 0) is 0 Å². The topological polar surface area (TPSA) is 56.2 Å². The number of hydrogen-bond acceptors (Lipinski definition) is 4. The molecule has 3 rings (SSSR count). The lowest BCUT2D eigenvalue weighted by molar-refractivity contribution is 0.416. The standard InChI is InChI=1S/C22H23N3O2/c1-4-9-17(10-5-2)25-21(24-16-11-7-6-8-12-16)13-19(26)18-14-23-15-20(27-3)22(18)25/h4-5,7,9-15,24H,1,6,8H2,2-3H3/b10-5-,17-9+. The van der Waals surface area contributed by atoms with Crippen LogP contribution < -0.4 is 15.5 Å². The molecule has 0 aliphatic heterocycles. The second-order valence-electron chi connectivity index (χ2n) is 6.06. The van der Waals surface area contributed by atoms with Gasteiger partial charge in [0, 0.05) is 23.7 Å². The molecule has 0 atom stereocenters. The average Bonchev–Trinajstić information content (AvgIpc) is 2.69. The van der Waals surface area contributed by atoms with Gasteiger partial charge in [-0.25, -0.2) is 0 Å². The van der Waals surface area contributed by atoms with Crippen molar-refractivity contribution in [3.63, 3.8) is 0 Å². The van der Waals surface area contributed by atoms with Crippen LogP contribution in [0.25, 0.3) is 16.6 Å². The lowest BCUT2D eigenvalue weighted by Gasteiger charge is -2.21. The van der Waals surface area contributed by atoms with Gasteiger partial charge in [-0.05, 0) is 38.0 Å². The molecule has 0 radical (unpaired) electrons. The van der Waals surface area contributed by atoms with E-state index in [9.17, 15) is 4.79 Å². The molecule has 0 unspecified atom stereocenters. The van der Waals surface area contributed by atoms with Gasteiger partial charge < -0.3 is 10.1 Å². The van der Waals surface area contributed by atoms with Gasteiger partial charge in [-0.2, -0.15) is 0 Å². The number of allylic oxidation sites excluding steroid dienone is 8. The number of pyridine rings is 2. The molecule has 1 aliphatic carbocycles. The van der Waals surface area contributed by atoms with E-state index in [-0.39, 0.29) is 5.43 Å². The molecule has 0 saturated heterocycles. The normalized spacial score (nSPS) is 14.4. The van der Waals surface area contributed by atoms with E-state index in [1.807, 2.05) is 35.8 Å². The van der Waals surface area contributed by atoms with Gasteiger partial charge in [0.05, 0.1) is 18.7 Å². The predicted octanol–water partition coefficient (Wildman–Crippen LogP) is 4.65. The first-order chi connectivity index (χ1) is 13.2. The summed E-state index contributed by atoms with van der Waals surface area (Å²) in [4.78, 5) is 16.9. The summed E-state index contributed by atoms with van der Waals surface area (Å²) < 4.78 is 7.48. The van der Waals surface area contributed by atoms with E-state index in [1.165, 1.54) is 0 Å². The Morgan fingerprint density at radius 1 is 1.37 bits per heavy atom. The molecule has 1 aliphatic rings. The Labute approximate surface area is 158 Å². The van der Waals surface area contributed by atoms with Crippen LogP contribution in [0, 0.1) is 0 Å². The molecule has 2 aromatic rings. The smallest absolute Gasteiger partial charge is 0.193 e. The molecule has 0 saturated carbocycles. The third-order valence-corrected chi connectivity index (χ3v) is 4.25. The quantitative estimate of drug-likeness (QED) is 0.761. The molecule has 0 amide bonds. The Balaban J connectivity index is 2.36. The number of hydrogen-bond donors (Lipinski definition) is 1. The number of aromatic nitrogens is 2. The van der Waals surface area contributed by atoms with E-state index in [2.05, 4.69) is 29.0 Å². The molecular weight excluding hydrogens is 338 g/mol. The minimum Gasteiger partial charge on any atom is -0.493 e. The van der Waals surface area contributed by atoms with Gasteiger partial charge >= 0.3 is 0 Å². The Hall–Kier alpha value is -3.34.